The molecule has 0 saturated carbocycles. The van der Waals surface area contributed by atoms with Gasteiger partial charge in [0, 0.05) is 39.1 Å². The fourth-order valence-corrected chi connectivity index (χ4v) is 3.62. The Kier molecular flexibility index (Phi) is 7.21. The van der Waals surface area contributed by atoms with Crippen LogP contribution in [-0.4, -0.2) is 69.2 Å². The predicted molar refractivity (Wildman–Crippen MR) is 88.4 cm³/mol. The molecule has 0 aromatic carbocycles. The van der Waals surface area contributed by atoms with Gasteiger partial charge < -0.3 is 20.4 Å². The van der Waals surface area contributed by atoms with E-state index in [4.69, 9.17) is 10.2 Å². The van der Waals surface area contributed by atoms with Gasteiger partial charge in [-0.2, -0.15) is 4.31 Å². The molecule has 24 heavy (non-hydrogen) atoms. The van der Waals surface area contributed by atoms with Crippen LogP contribution < -0.4 is 11.1 Å². The van der Waals surface area contributed by atoms with Gasteiger partial charge in [-0.25, -0.2) is 8.42 Å². The molecule has 0 bridgehead atoms. The van der Waals surface area contributed by atoms with Gasteiger partial charge in [0.05, 0.1) is 0 Å². The SMILES string of the molecule is CNCCC(=O)N1CCN(S(=O)(=O)c2ccc(C(N)=O)o2)CC1.Cl. The van der Waals surface area contributed by atoms with Gasteiger partial charge in [-0.15, -0.1) is 12.4 Å². The molecule has 1 aromatic rings. The summed E-state index contributed by atoms with van der Waals surface area (Å²) in [7, 11) is -2.07. The summed E-state index contributed by atoms with van der Waals surface area (Å²) in [6, 6.07) is 2.44. The number of rotatable bonds is 6. The molecular weight excluding hydrogens is 360 g/mol. The number of nitrogens with two attached hydrogens (primary N) is 1. The maximum Gasteiger partial charge on any atom is 0.284 e. The standard InChI is InChI=1S/C13H20N4O5S.ClH/c1-15-5-4-11(18)16-6-8-17(9-7-16)23(20,21)12-3-2-10(22-12)13(14)19;/h2-3,15H,4-9H2,1H3,(H2,14,19);1H. The fraction of sp³-hybridized carbons (Fsp3) is 0.538. The molecule has 0 spiro atoms. The first-order valence-corrected chi connectivity index (χ1v) is 8.62. The van der Waals surface area contributed by atoms with Crippen molar-refractivity contribution in [2.45, 2.75) is 11.5 Å². The molecule has 0 atom stereocenters. The third-order valence-corrected chi connectivity index (χ3v) is 5.37. The monoisotopic (exact) mass is 380 g/mol. The molecule has 2 heterocycles. The third kappa shape index (κ3) is 4.47. The van der Waals surface area contributed by atoms with Gasteiger partial charge in [-0.3, -0.25) is 9.59 Å². The van der Waals surface area contributed by atoms with Crippen LogP contribution in [0.2, 0.25) is 0 Å². The zero-order valence-electron chi connectivity index (χ0n) is 13.2. The van der Waals surface area contributed by atoms with E-state index in [0.717, 1.165) is 0 Å². The Morgan fingerprint density at radius 1 is 1.25 bits per heavy atom. The summed E-state index contributed by atoms with van der Waals surface area (Å²) >= 11 is 0. The van der Waals surface area contributed by atoms with Crippen LogP contribution in [-0.2, 0) is 14.8 Å². The fourth-order valence-electron chi connectivity index (χ4n) is 2.29. The molecule has 3 N–H and O–H groups in total. The van der Waals surface area contributed by atoms with E-state index in [2.05, 4.69) is 5.32 Å². The summed E-state index contributed by atoms with van der Waals surface area (Å²) in [6.45, 7) is 1.59. The van der Waals surface area contributed by atoms with Crippen molar-refractivity contribution in [3.63, 3.8) is 0 Å². The number of piperazine rings is 1. The van der Waals surface area contributed by atoms with Gasteiger partial charge >= 0.3 is 0 Å². The smallest absolute Gasteiger partial charge is 0.284 e. The van der Waals surface area contributed by atoms with Crippen molar-refractivity contribution in [3.8, 4) is 0 Å². The van der Waals surface area contributed by atoms with E-state index >= 15 is 0 Å². The molecule has 2 amide bonds. The number of nitrogens with zero attached hydrogens (tertiary/aromatic N) is 2. The summed E-state index contributed by atoms with van der Waals surface area (Å²) in [5.74, 6) is -1.04. The van der Waals surface area contributed by atoms with Crippen molar-refractivity contribution in [1.82, 2.24) is 14.5 Å². The van der Waals surface area contributed by atoms with Crippen LogP contribution in [0.5, 0.6) is 0 Å². The van der Waals surface area contributed by atoms with E-state index in [0.29, 0.717) is 26.1 Å². The van der Waals surface area contributed by atoms with Crippen molar-refractivity contribution in [2.24, 2.45) is 5.73 Å². The van der Waals surface area contributed by atoms with Crippen LogP contribution >= 0.6 is 12.4 Å². The van der Waals surface area contributed by atoms with Crippen molar-refractivity contribution < 1.29 is 22.4 Å². The van der Waals surface area contributed by atoms with E-state index in [1.807, 2.05) is 0 Å². The quantitative estimate of drug-likeness (QED) is 0.668. The lowest BCUT2D eigenvalue weighted by Crippen LogP contribution is -2.50. The maximum absolute atomic E-state index is 12.4. The van der Waals surface area contributed by atoms with Crippen LogP contribution in [0.3, 0.4) is 0 Å². The number of carbonyl (C=O) groups excluding carboxylic acids is 2. The lowest BCUT2D eigenvalue weighted by molar-refractivity contribution is -0.132. The zero-order valence-corrected chi connectivity index (χ0v) is 14.9. The molecule has 0 aliphatic carbocycles. The Hall–Kier alpha value is -1.62. The van der Waals surface area contributed by atoms with Crippen LogP contribution in [0.15, 0.2) is 21.6 Å². The van der Waals surface area contributed by atoms with Gasteiger partial charge in [0.15, 0.2) is 5.76 Å². The van der Waals surface area contributed by atoms with Gasteiger partial charge in [-0.05, 0) is 19.2 Å². The molecule has 1 aliphatic rings. The average Bonchev–Trinajstić information content (AvgIpc) is 3.03. The Bertz CT molecular complexity index is 682. The molecule has 2 rings (SSSR count). The highest BCUT2D eigenvalue weighted by Crippen LogP contribution is 2.20. The van der Waals surface area contributed by atoms with E-state index in [1.165, 1.54) is 16.4 Å². The molecule has 0 radical (unpaired) electrons. The molecule has 11 heteroatoms. The number of sulfonamides is 1. The summed E-state index contributed by atoms with van der Waals surface area (Å²) in [5.41, 5.74) is 5.05. The van der Waals surface area contributed by atoms with E-state index in [-0.39, 0.29) is 42.3 Å². The molecule has 1 aliphatic heterocycles. The highest BCUT2D eigenvalue weighted by Gasteiger charge is 2.32. The summed E-state index contributed by atoms with van der Waals surface area (Å²) in [6.07, 6.45) is 0.378. The van der Waals surface area contributed by atoms with Crippen molar-refractivity contribution >= 4 is 34.2 Å². The number of hydrogen-bond acceptors (Lipinski definition) is 6. The van der Waals surface area contributed by atoms with Crippen molar-refractivity contribution in [1.29, 1.82) is 0 Å². The van der Waals surface area contributed by atoms with Gasteiger partial charge in [-0.1, -0.05) is 0 Å². The highest BCUT2D eigenvalue weighted by atomic mass is 35.5. The Morgan fingerprint density at radius 2 is 1.88 bits per heavy atom. The average molecular weight is 381 g/mol. The lowest BCUT2D eigenvalue weighted by atomic mass is 10.3. The van der Waals surface area contributed by atoms with Crippen LogP contribution in [0.1, 0.15) is 17.0 Å². The largest absolute Gasteiger partial charge is 0.438 e. The van der Waals surface area contributed by atoms with Crippen molar-refractivity contribution in [2.75, 3.05) is 39.8 Å². The molecular formula is C13H21ClN4O5S. The summed E-state index contributed by atoms with van der Waals surface area (Å²) < 4.78 is 31.1. The lowest BCUT2D eigenvalue weighted by Gasteiger charge is -2.33. The molecule has 1 saturated heterocycles. The normalized spacial score (nSPS) is 15.8. The van der Waals surface area contributed by atoms with Gasteiger partial charge in [0.1, 0.15) is 0 Å². The zero-order chi connectivity index (χ0) is 17.0. The number of amides is 2. The van der Waals surface area contributed by atoms with Gasteiger partial charge in [0.25, 0.3) is 15.9 Å². The Labute approximate surface area is 146 Å². The second-order valence-corrected chi connectivity index (χ2v) is 6.99. The van der Waals surface area contributed by atoms with Crippen molar-refractivity contribution in [3.05, 3.63) is 17.9 Å². The predicted octanol–water partition coefficient (Wildman–Crippen LogP) is -0.757. The van der Waals surface area contributed by atoms with E-state index < -0.39 is 15.9 Å². The first kappa shape index (κ1) is 20.4. The highest BCUT2D eigenvalue weighted by molar-refractivity contribution is 7.89. The van der Waals surface area contributed by atoms with Crippen LogP contribution in [0, 0.1) is 0 Å². The molecule has 1 fully saturated rings. The molecule has 136 valence electrons. The second kappa shape index (κ2) is 8.47. The minimum atomic E-state index is -3.83. The van der Waals surface area contributed by atoms with Crippen LogP contribution in [0.25, 0.3) is 0 Å². The summed E-state index contributed by atoms with van der Waals surface area (Å²) in [4.78, 5) is 24.5. The van der Waals surface area contributed by atoms with E-state index in [9.17, 15) is 18.0 Å². The number of hydrogen-bond donors (Lipinski definition) is 2. The topological polar surface area (TPSA) is 126 Å². The Morgan fingerprint density at radius 3 is 2.38 bits per heavy atom. The molecule has 1 aromatic heterocycles. The maximum atomic E-state index is 12.4. The number of primary amides is 1. The summed E-state index contributed by atoms with van der Waals surface area (Å²) in [5, 5.41) is 2.58. The minimum Gasteiger partial charge on any atom is -0.438 e. The number of carbonyl (C=O) groups is 2. The third-order valence-electron chi connectivity index (χ3n) is 3.60. The molecule has 9 nitrogen and oxygen atoms in total. The van der Waals surface area contributed by atoms with E-state index in [1.54, 1.807) is 11.9 Å². The first-order valence-electron chi connectivity index (χ1n) is 7.18. The first-order chi connectivity index (χ1) is 10.9. The number of halogens is 1. The van der Waals surface area contributed by atoms with Gasteiger partial charge in [0.2, 0.25) is 11.0 Å². The molecule has 0 unspecified atom stereocenters. The second-order valence-electron chi connectivity index (χ2n) is 5.12. The van der Waals surface area contributed by atoms with Crippen LogP contribution in [0.4, 0.5) is 0 Å². The number of furan rings is 1. The Balaban J connectivity index is 0.00000288. The number of nitrogens with one attached hydrogen (secondary N) is 1. The minimum absolute atomic E-state index is 0.